The smallest absolute Gasteiger partial charge is 0.276 e. The molecular formula is C19H15ClN4OS. The average Bonchev–Trinajstić information content (AvgIpc) is 3.18. The first kappa shape index (κ1) is 16.8. The minimum Gasteiger partial charge on any atom is -0.296 e. The highest BCUT2D eigenvalue weighted by atomic mass is 35.5. The highest BCUT2D eigenvalue weighted by molar-refractivity contribution is 7.14. The number of fused-ring (bicyclic) bond motifs is 1. The summed E-state index contributed by atoms with van der Waals surface area (Å²) >= 11 is 7.39. The molecule has 1 aromatic carbocycles. The van der Waals surface area contributed by atoms with Crippen LogP contribution in [-0.4, -0.2) is 20.3 Å². The van der Waals surface area contributed by atoms with Crippen molar-refractivity contribution in [1.82, 2.24) is 14.4 Å². The van der Waals surface area contributed by atoms with Crippen molar-refractivity contribution < 1.29 is 4.79 Å². The Hall–Kier alpha value is -2.70. The van der Waals surface area contributed by atoms with E-state index in [4.69, 9.17) is 11.6 Å². The molecule has 0 unspecified atom stereocenters. The van der Waals surface area contributed by atoms with Gasteiger partial charge in [0.1, 0.15) is 11.3 Å². The summed E-state index contributed by atoms with van der Waals surface area (Å²) < 4.78 is 1.73. The summed E-state index contributed by atoms with van der Waals surface area (Å²) in [6.45, 7) is 3.84. The van der Waals surface area contributed by atoms with Crippen LogP contribution in [0, 0.1) is 13.8 Å². The number of carbonyl (C=O) groups excluding carboxylic acids is 1. The second-order valence-corrected chi connectivity index (χ2v) is 7.27. The van der Waals surface area contributed by atoms with Gasteiger partial charge in [0.25, 0.3) is 5.91 Å². The number of carbonyl (C=O) groups is 1. The number of nitrogens with one attached hydrogen (secondary N) is 1. The molecule has 0 radical (unpaired) electrons. The van der Waals surface area contributed by atoms with Crippen molar-refractivity contribution in [2.45, 2.75) is 13.8 Å². The van der Waals surface area contributed by atoms with Crippen LogP contribution >= 0.6 is 22.9 Å². The van der Waals surface area contributed by atoms with Gasteiger partial charge in [-0.3, -0.25) is 14.5 Å². The van der Waals surface area contributed by atoms with Crippen LogP contribution < -0.4 is 5.32 Å². The fourth-order valence-electron chi connectivity index (χ4n) is 2.76. The molecule has 26 heavy (non-hydrogen) atoms. The summed E-state index contributed by atoms with van der Waals surface area (Å²) in [5.74, 6) is -0.248. The topological polar surface area (TPSA) is 59.3 Å². The predicted octanol–water partition coefficient (Wildman–Crippen LogP) is 4.98. The molecule has 3 aromatic heterocycles. The second-order valence-electron chi connectivity index (χ2n) is 5.98. The van der Waals surface area contributed by atoms with Crippen LogP contribution in [0.15, 0.2) is 48.0 Å². The van der Waals surface area contributed by atoms with Crippen molar-refractivity contribution >= 4 is 39.6 Å². The lowest BCUT2D eigenvalue weighted by atomic mass is 10.1. The van der Waals surface area contributed by atoms with E-state index < -0.39 is 0 Å². The van der Waals surface area contributed by atoms with Gasteiger partial charge in [-0.25, -0.2) is 9.97 Å². The largest absolute Gasteiger partial charge is 0.296 e. The minimum atomic E-state index is -0.248. The maximum absolute atomic E-state index is 12.7. The summed E-state index contributed by atoms with van der Waals surface area (Å²) in [7, 11) is 0. The van der Waals surface area contributed by atoms with Crippen molar-refractivity contribution in [2.75, 3.05) is 5.32 Å². The molecule has 4 aromatic rings. The Labute approximate surface area is 159 Å². The summed E-state index contributed by atoms with van der Waals surface area (Å²) in [6, 6.07) is 11.6. The lowest BCUT2D eigenvalue weighted by molar-refractivity contribution is 0.102. The lowest BCUT2D eigenvalue weighted by Crippen LogP contribution is -2.15. The zero-order valence-corrected chi connectivity index (χ0v) is 15.7. The Morgan fingerprint density at radius 1 is 1.15 bits per heavy atom. The molecule has 5 nitrogen and oxygen atoms in total. The Bertz CT molecular complexity index is 1110. The molecule has 0 fully saturated rings. The van der Waals surface area contributed by atoms with Crippen molar-refractivity contribution in [2.24, 2.45) is 0 Å². The number of imidazole rings is 1. The van der Waals surface area contributed by atoms with E-state index in [1.54, 1.807) is 29.7 Å². The number of thiazole rings is 1. The van der Waals surface area contributed by atoms with Crippen LogP contribution in [0.2, 0.25) is 5.02 Å². The number of amides is 1. The van der Waals surface area contributed by atoms with Crippen LogP contribution in [0.4, 0.5) is 5.13 Å². The maximum atomic E-state index is 12.7. The molecule has 1 N–H and O–H groups in total. The van der Waals surface area contributed by atoms with Crippen LogP contribution in [0.25, 0.3) is 16.9 Å². The number of aryl methyl sites for hydroxylation is 2. The molecule has 0 saturated carbocycles. The van der Waals surface area contributed by atoms with E-state index in [2.05, 4.69) is 15.3 Å². The summed E-state index contributed by atoms with van der Waals surface area (Å²) in [5.41, 5.74) is 4.81. The first-order valence-electron chi connectivity index (χ1n) is 7.99. The highest BCUT2D eigenvalue weighted by Crippen LogP contribution is 2.26. The van der Waals surface area contributed by atoms with E-state index in [1.807, 2.05) is 36.6 Å². The fourth-order valence-corrected chi connectivity index (χ4v) is 3.62. The number of hydrogen-bond donors (Lipinski definition) is 1. The molecule has 7 heteroatoms. The van der Waals surface area contributed by atoms with Gasteiger partial charge in [0.05, 0.1) is 11.4 Å². The SMILES string of the molecule is Cc1ccc(-c2csc(NC(=O)c3c(C)nc4cc(Cl)ccn34)n2)cc1. The molecule has 0 atom stereocenters. The number of aromatic nitrogens is 3. The Balaban J connectivity index is 1.61. The summed E-state index contributed by atoms with van der Waals surface area (Å²) in [5, 5.41) is 5.93. The van der Waals surface area contributed by atoms with Gasteiger partial charge in [-0.1, -0.05) is 41.4 Å². The van der Waals surface area contributed by atoms with E-state index in [1.165, 1.54) is 16.9 Å². The standard InChI is InChI=1S/C19H15ClN4OS/c1-11-3-5-13(6-4-11)15-10-26-19(22-15)23-18(25)17-12(2)21-16-9-14(20)7-8-24(16)17/h3-10H,1-2H3,(H,22,23,25). The van der Waals surface area contributed by atoms with E-state index in [0.29, 0.717) is 27.2 Å². The van der Waals surface area contributed by atoms with Gasteiger partial charge in [-0.2, -0.15) is 0 Å². The molecule has 0 aliphatic rings. The maximum Gasteiger partial charge on any atom is 0.276 e. The molecule has 0 aliphatic carbocycles. The molecule has 0 aliphatic heterocycles. The molecule has 0 spiro atoms. The molecule has 130 valence electrons. The second kappa shape index (κ2) is 6.55. The monoisotopic (exact) mass is 382 g/mol. The van der Waals surface area contributed by atoms with E-state index >= 15 is 0 Å². The van der Waals surface area contributed by atoms with Gasteiger partial charge in [0, 0.05) is 28.2 Å². The van der Waals surface area contributed by atoms with E-state index in [9.17, 15) is 4.79 Å². The average molecular weight is 383 g/mol. The molecule has 4 rings (SSSR count). The minimum absolute atomic E-state index is 0.248. The van der Waals surface area contributed by atoms with Crippen molar-refractivity contribution in [3.63, 3.8) is 0 Å². The zero-order chi connectivity index (χ0) is 18.3. The van der Waals surface area contributed by atoms with E-state index in [0.717, 1.165) is 11.3 Å². The lowest BCUT2D eigenvalue weighted by Gasteiger charge is -2.03. The van der Waals surface area contributed by atoms with Gasteiger partial charge in [-0.05, 0) is 19.9 Å². The quantitative estimate of drug-likeness (QED) is 0.543. The van der Waals surface area contributed by atoms with Gasteiger partial charge in [-0.15, -0.1) is 11.3 Å². The Morgan fingerprint density at radius 2 is 1.92 bits per heavy atom. The number of anilines is 1. The fraction of sp³-hybridized carbons (Fsp3) is 0.105. The van der Waals surface area contributed by atoms with Crippen molar-refractivity contribution in [3.8, 4) is 11.3 Å². The van der Waals surface area contributed by atoms with Crippen molar-refractivity contribution in [3.05, 3.63) is 69.9 Å². The third-order valence-electron chi connectivity index (χ3n) is 4.05. The van der Waals surface area contributed by atoms with Crippen LogP contribution in [0.5, 0.6) is 0 Å². The number of hydrogen-bond acceptors (Lipinski definition) is 4. The number of nitrogens with zero attached hydrogens (tertiary/aromatic N) is 3. The number of rotatable bonds is 3. The molecule has 1 amide bonds. The third-order valence-corrected chi connectivity index (χ3v) is 5.04. The van der Waals surface area contributed by atoms with Crippen molar-refractivity contribution in [1.29, 1.82) is 0 Å². The van der Waals surface area contributed by atoms with E-state index in [-0.39, 0.29) is 5.91 Å². The highest BCUT2D eigenvalue weighted by Gasteiger charge is 2.18. The third kappa shape index (κ3) is 3.09. The molecule has 0 bridgehead atoms. The van der Waals surface area contributed by atoms with Gasteiger partial charge < -0.3 is 0 Å². The molecule has 0 saturated heterocycles. The normalized spacial score (nSPS) is 11.0. The number of pyridine rings is 1. The number of benzene rings is 1. The van der Waals surface area contributed by atoms with Gasteiger partial charge in [0.2, 0.25) is 0 Å². The Morgan fingerprint density at radius 3 is 2.69 bits per heavy atom. The summed E-state index contributed by atoms with van der Waals surface area (Å²) in [4.78, 5) is 21.7. The van der Waals surface area contributed by atoms with Gasteiger partial charge in [0.15, 0.2) is 5.13 Å². The first-order valence-corrected chi connectivity index (χ1v) is 9.25. The zero-order valence-electron chi connectivity index (χ0n) is 14.2. The first-order chi connectivity index (χ1) is 12.5. The van der Waals surface area contributed by atoms with Crippen LogP contribution in [0.1, 0.15) is 21.7 Å². The molecular weight excluding hydrogens is 368 g/mol. The summed E-state index contributed by atoms with van der Waals surface area (Å²) in [6.07, 6.45) is 1.74. The predicted molar refractivity (Wildman–Crippen MR) is 105 cm³/mol. The Kier molecular flexibility index (Phi) is 4.22. The molecule has 3 heterocycles. The van der Waals surface area contributed by atoms with Gasteiger partial charge >= 0.3 is 0 Å². The van der Waals surface area contributed by atoms with Crippen LogP contribution in [-0.2, 0) is 0 Å². The van der Waals surface area contributed by atoms with Crippen LogP contribution in [0.3, 0.4) is 0 Å². The number of halogens is 1.